The fourth-order valence-corrected chi connectivity index (χ4v) is 4.52. The van der Waals surface area contributed by atoms with E-state index >= 15 is 0 Å². The molecule has 8 nitrogen and oxygen atoms in total. The second-order valence-corrected chi connectivity index (χ2v) is 8.08. The van der Waals surface area contributed by atoms with Gasteiger partial charge >= 0.3 is 0 Å². The van der Waals surface area contributed by atoms with Crippen LogP contribution in [0.15, 0.2) is 91.5 Å². The number of non-ortho nitro benzene ring substituents is 1. The van der Waals surface area contributed by atoms with Crippen LogP contribution in [-0.4, -0.2) is 29.5 Å². The highest BCUT2D eigenvalue weighted by atomic mass is 32.1. The molecule has 2 atom stereocenters. The number of nitro groups is 1. The van der Waals surface area contributed by atoms with Crippen molar-refractivity contribution in [3.8, 4) is 5.69 Å². The highest BCUT2D eigenvalue weighted by Gasteiger charge is 2.41. The summed E-state index contributed by atoms with van der Waals surface area (Å²) in [6, 6.07) is 19.9. The Bertz CT molecular complexity index is 1290. The van der Waals surface area contributed by atoms with Crippen molar-refractivity contribution >= 4 is 23.0 Å². The molecule has 9 heteroatoms. The van der Waals surface area contributed by atoms with Gasteiger partial charge < -0.3 is 14.8 Å². The van der Waals surface area contributed by atoms with Crippen molar-refractivity contribution in [2.24, 2.45) is 0 Å². The number of aromatic nitrogens is 3. The highest BCUT2D eigenvalue weighted by Crippen LogP contribution is 2.40. The molecule has 164 valence electrons. The van der Waals surface area contributed by atoms with Gasteiger partial charge in [-0.3, -0.25) is 20.1 Å². The van der Waals surface area contributed by atoms with Gasteiger partial charge in [-0.25, -0.2) is 0 Å². The number of nitro benzene ring substituents is 1. The van der Waals surface area contributed by atoms with Gasteiger partial charge in [-0.15, -0.1) is 0 Å². The van der Waals surface area contributed by atoms with Crippen LogP contribution in [0.5, 0.6) is 0 Å². The van der Waals surface area contributed by atoms with Gasteiger partial charge in [-0.05, 0) is 54.2 Å². The maximum atomic E-state index is 11.3. The largest absolute Gasteiger partial charge is 0.352 e. The third-order valence-corrected chi connectivity index (χ3v) is 6.03. The standard InChI is InChI=1S/C24H20N6O2S/c31-30(32)19-8-3-7-18(14-19)28-13-5-10-21(28)23-22(20-9-1-2-12-26-20)27-24(33)29(23)16-17-6-4-11-25-15-17/h1-15,22-23H,16H2,(H,27,33). The van der Waals surface area contributed by atoms with Crippen LogP contribution >= 0.6 is 12.2 Å². The van der Waals surface area contributed by atoms with Gasteiger partial charge in [0.25, 0.3) is 5.69 Å². The Morgan fingerprint density at radius 1 is 1.06 bits per heavy atom. The fourth-order valence-electron chi connectivity index (χ4n) is 4.21. The lowest BCUT2D eigenvalue weighted by atomic mass is 10.0. The van der Waals surface area contributed by atoms with Crippen LogP contribution in [0.1, 0.15) is 29.0 Å². The van der Waals surface area contributed by atoms with E-state index in [0.717, 1.165) is 17.0 Å². The van der Waals surface area contributed by atoms with Crippen LogP contribution < -0.4 is 5.32 Å². The first-order valence-electron chi connectivity index (χ1n) is 10.4. The molecule has 0 spiro atoms. The molecule has 4 heterocycles. The van der Waals surface area contributed by atoms with Crippen LogP contribution in [0.2, 0.25) is 0 Å². The molecule has 1 aliphatic heterocycles. The summed E-state index contributed by atoms with van der Waals surface area (Å²) in [5.41, 5.74) is 3.60. The number of hydrogen-bond acceptors (Lipinski definition) is 5. The summed E-state index contributed by atoms with van der Waals surface area (Å²) in [7, 11) is 0. The van der Waals surface area contributed by atoms with Crippen LogP contribution in [0.25, 0.3) is 5.69 Å². The van der Waals surface area contributed by atoms with E-state index in [9.17, 15) is 10.1 Å². The minimum atomic E-state index is -0.385. The number of hydrogen-bond donors (Lipinski definition) is 1. The Balaban J connectivity index is 1.61. The monoisotopic (exact) mass is 456 g/mol. The average Bonchev–Trinajstić information content (AvgIpc) is 3.45. The quantitative estimate of drug-likeness (QED) is 0.262. The van der Waals surface area contributed by atoms with Gasteiger partial charge in [0.1, 0.15) is 0 Å². The van der Waals surface area contributed by atoms with Gasteiger partial charge in [0.15, 0.2) is 5.11 Å². The van der Waals surface area contributed by atoms with Crippen molar-refractivity contribution in [1.82, 2.24) is 24.8 Å². The van der Waals surface area contributed by atoms with E-state index in [1.165, 1.54) is 6.07 Å². The zero-order valence-electron chi connectivity index (χ0n) is 17.5. The van der Waals surface area contributed by atoms with Gasteiger partial charge in [0.05, 0.1) is 28.4 Å². The summed E-state index contributed by atoms with van der Waals surface area (Å²) < 4.78 is 1.97. The molecule has 5 rings (SSSR count). The van der Waals surface area contributed by atoms with E-state index < -0.39 is 0 Å². The highest BCUT2D eigenvalue weighted by molar-refractivity contribution is 7.80. The molecule has 33 heavy (non-hydrogen) atoms. The normalized spacial score (nSPS) is 17.7. The molecule has 1 N–H and O–H groups in total. The van der Waals surface area contributed by atoms with Crippen molar-refractivity contribution in [1.29, 1.82) is 0 Å². The molecule has 0 amide bonds. The minimum absolute atomic E-state index is 0.0423. The average molecular weight is 457 g/mol. The number of benzene rings is 1. The van der Waals surface area contributed by atoms with Gasteiger partial charge in [-0.2, -0.15) is 0 Å². The SMILES string of the molecule is O=[N+]([O-])c1cccc(-n2cccc2C2C(c3ccccn3)NC(=S)N2Cc2cccnc2)c1. The van der Waals surface area contributed by atoms with Crippen molar-refractivity contribution in [3.05, 3.63) is 119 Å². The number of nitrogens with one attached hydrogen (secondary N) is 1. The van der Waals surface area contributed by atoms with Crippen molar-refractivity contribution in [2.45, 2.75) is 18.6 Å². The molecule has 0 bridgehead atoms. The fraction of sp³-hybridized carbons (Fsp3) is 0.125. The molecule has 1 aliphatic rings. The topological polar surface area (TPSA) is 89.1 Å². The van der Waals surface area contributed by atoms with E-state index in [4.69, 9.17) is 12.2 Å². The first-order valence-corrected chi connectivity index (χ1v) is 10.8. The lowest BCUT2D eigenvalue weighted by molar-refractivity contribution is -0.384. The molecular weight excluding hydrogens is 436 g/mol. The molecule has 3 aromatic heterocycles. The molecule has 0 saturated carbocycles. The Morgan fingerprint density at radius 2 is 1.97 bits per heavy atom. The Labute approximate surface area is 195 Å². The van der Waals surface area contributed by atoms with Crippen molar-refractivity contribution in [2.75, 3.05) is 0 Å². The molecule has 4 aromatic rings. The molecule has 1 fully saturated rings. The lowest BCUT2D eigenvalue weighted by Gasteiger charge is -2.29. The Kier molecular flexibility index (Phi) is 5.54. The molecule has 0 radical (unpaired) electrons. The number of pyridine rings is 2. The summed E-state index contributed by atoms with van der Waals surface area (Å²) in [5, 5.41) is 15.4. The van der Waals surface area contributed by atoms with Gasteiger partial charge in [0, 0.05) is 49.2 Å². The van der Waals surface area contributed by atoms with E-state index in [1.54, 1.807) is 24.5 Å². The van der Waals surface area contributed by atoms with E-state index in [2.05, 4.69) is 20.2 Å². The molecular formula is C24H20N6O2S. The lowest BCUT2D eigenvalue weighted by Crippen LogP contribution is -2.30. The maximum Gasteiger partial charge on any atom is 0.271 e. The summed E-state index contributed by atoms with van der Waals surface area (Å²) in [6.07, 6.45) is 7.24. The molecule has 0 aliphatic carbocycles. The summed E-state index contributed by atoms with van der Waals surface area (Å²) in [5.74, 6) is 0. The Hall–Kier alpha value is -4.11. The van der Waals surface area contributed by atoms with E-state index in [0.29, 0.717) is 17.3 Å². The van der Waals surface area contributed by atoms with Gasteiger partial charge in [-0.1, -0.05) is 18.2 Å². The molecule has 2 unspecified atom stereocenters. The second kappa shape index (κ2) is 8.79. The molecule has 1 saturated heterocycles. The Morgan fingerprint density at radius 3 is 2.73 bits per heavy atom. The third-order valence-electron chi connectivity index (χ3n) is 5.68. The van der Waals surface area contributed by atoms with E-state index in [1.807, 2.05) is 65.5 Å². The van der Waals surface area contributed by atoms with Crippen LogP contribution in [0.3, 0.4) is 0 Å². The smallest absolute Gasteiger partial charge is 0.271 e. The molecule has 1 aromatic carbocycles. The van der Waals surface area contributed by atoms with Crippen molar-refractivity contribution in [3.63, 3.8) is 0 Å². The predicted octanol–water partition coefficient (Wildman–Crippen LogP) is 4.35. The van der Waals surface area contributed by atoms with E-state index in [-0.39, 0.29) is 22.7 Å². The maximum absolute atomic E-state index is 11.3. The minimum Gasteiger partial charge on any atom is -0.352 e. The first-order chi connectivity index (χ1) is 16.1. The number of thiocarbonyl (C=S) groups is 1. The van der Waals surface area contributed by atoms with Crippen LogP contribution in [0, 0.1) is 10.1 Å². The van der Waals surface area contributed by atoms with Crippen LogP contribution in [-0.2, 0) is 6.54 Å². The first kappa shape index (κ1) is 20.8. The summed E-state index contributed by atoms with van der Waals surface area (Å²) in [6.45, 7) is 0.563. The summed E-state index contributed by atoms with van der Waals surface area (Å²) in [4.78, 5) is 21.9. The predicted molar refractivity (Wildman–Crippen MR) is 128 cm³/mol. The van der Waals surface area contributed by atoms with Crippen molar-refractivity contribution < 1.29 is 4.92 Å². The zero-order valence-corrected chi connectivity index (χ0v) is 18.3. The van der Waals surface area contributed by atoms with Crippen LogP contribution in [0.4, 0.5) is 5.69 Å². The third kappa shape index (κ3) is 4.06. The zero-order chi connectivity index (χ0) is 22.8. The van der Waals surface area contributed by atoms with Gasteiger partial charge in [0.2, 0.25) is 0 Å². The number of nitrogens with zero attached hydrogens (tertiary/aromatic N) is 5. The summed E-state index contributed by atoms with van der Waals surface area (Å²) >= 11 is 5.75. The number of rotatable bonds is 6. The second-order valence-electron chi connectivity index (χ2n) is 7.70.